The highest BCUT2D eigenvalue weighted by Gasteiger charge is 2.14. The molecule has 0 unspecified atom stereocenters. The van der Waals surface area contributed by atoms with Gasteiger partial charge in [0.15, 0.2) is 18.1 Å². The number of methoxy groups -OCH3 is 1. The summed E-state index contributed by atoms with van der Waals surface area (Å²) in [5.41, 5.74) is 3.90. The van der Waals surface area contributed by atoms with Crippen LogP contribution in [-0.4, -0.2) is 31.7 Å². The van der Waals surface area contributed by atoms with Crippen LogP contribution >= 0.6 is 27.5 Å². The van der Waals surface area contributed by atoms with Gasteiger partial charge in [-0.05, 0) is 82.2 Å². The summed E-state index contributed by atoms with van der Waals surface area (Å²) >= 11 is 9.20. The van der Waals surface area contributed by atoms with Gasteiger partial charge in [0.05, 0.1) is 17.8 Å². The second kappa shape index (κ2) is 11.4. The molecule has 3 rings (SSSR count). The maximum atomic E-state index is 13.0. The van der Waals surface area contributed by atoms with Gasteiger partial charge in [-0.15, -0.1) is 0 Å². The van der Waals surface area contributed by atoms with E-state index in [1.807, 2.05) is 0 Å². The van der Waals surface area contributed by atoms with Gasteiger partial charge in [0.1, 0.15) is 5.82 Å². The molecule has 7 nitrogen and oxygen atoms in total. The standard InChI is InChI=1S/C23H18BrClFN3O4/c1-32-20-11-14(12-27-29-23(31)15-2-4-16(25)5-3-15)10-19(24)22(20)33-13-21(30)28-18-8-6-17(26)7-9-18/h2-12H,13H2,1H3,(H,28,30)(H,29,31)/b27-12-. The van der Waals surface area contributed by atoms with E-state index in [0.29, 0.717) is 37.8 Å². The van der Waals surface area contributed by atoms with Gasteiger partial charge in [0, 0.05) is 16.3 Å². The number of anilines is 1. The maximum Gasteiger partial charge on any atom is 0.271 e. The summed E-state index contributed by atoms with van der Waals surface area (Å²) in [7, 11) is 1.45. The molecule has 0 saturated carbocycles. The van der Waals surface area contributed by atoms with Gasteiger partial charge in [0.25, 0.3) is 11.8 Å². The van der Waals surface area contributed by atoms with Crippen molar-refractivity contribution in [1.82, 2.24) is 5.43 Å². The summed E-state index contributed by atoms with van der Waals surface area (Å²) in [6.45, 7) is -0.295. The van der Waals surface area contributed by atoms with Crippen molar-refractivity contribution in [3.05, 3.63) is 87.1 Å². The highest BCUT2D eigenvalue weighted by Crippen LogP contribution is 2.36. The summed E-state index contributed by atoms with van der Waals surface area (Å²) in [6.07, 6.45) is 1.44. The monoisotopic (exact) mass is 533 g/mol. The van der Waals surface area contributed by atoms with Crippen LogP contribution in [0.15, 0.2) is 70.2 Å². The zero-order valence-corrected chi connectivity index (χ0v) is 19.6. The van der Waals surface area contributed by atoms with Crippen molar-refractivity contribution in [2.75, 3.05) is 19.0 Å². The fraction of sp³-hybridized carbons (Fsp3) is 0.0870. The van der Waals surface area contributed by atoms with Crippen LogP contribution in [0.5, 0.6) is 11.5 Å². The van der Waals surface area contributed by atoms with Gasteiger partial charge in [-0.25, -0.2) is 9.82 Å². The molecule has 170 valence electrons. The summed E-state index contributed by atoms with van der Waals surface area (Å²) in [6, 6.07) is 15.1. The number of benzene rings is 3. The predicted octanol–water partition coefficient (Wildman–Crippen LogP) is 5.03. The van der Waals surface area contributed by atoms with Crippen LogP contribution in [0, 0.1) is 5.82 Å². The number of rotatable bonds is 8. The Kier molecular flexibility index (Phi) is 8.39. The van der Waals surface area contributed by atoms with E-state index >= 15 is 0 Å². The van der Waals surface area contributed by atoms with Gasteiger partial charge < -0.3 is 14.8 Å². The lowest BCUT2D eigenvalue weighted by atomic mass is 10.2. The van der Waals surface area contributed by atoms with Crippen molar-refractivity contribution in [2.24, 2.45) is 5.10 Å². The van der Waals surface area contributed by atoms with Crippen molar-refractivity contribution in [3.63, 3.8) is 0 Å². The minimum atomic E-state index is -0.425. The van der Waals surface area contributed by atoms with E-state index in [9.17, 15) is 14.0 Å². The van der Waals surface area contributed by atoms with Gasteiger partial charge in [-0.3, -0.25) is 9.59 Å². The molecule has 0 bridgehead atoms. The minimum Gasteiger partial charge on any atom is -0.493 e. The predicted molar refractivity (Wildman–Crippen MR) is 128 cm³/mol. The number of carbonyl (C=O) groups is 2. The Balaban J connectivity index is 1.62. The molecule has 0 aromatic heterocycles. The third kappa shape index (κ3) is 7.03. The molecule has 0 saturated heterocycles. The van der Waals surface area contributed by atoms with Gasteiger partial charge in [-0.2, -0.15) is 5.10 Å². The van der Waals surface area contributed by atoms with E-state index in [1.54, 1.807) is 36.4 Å². The van der Waals surface area contributed by atoms with E-state index in [0.717, 1.165) is 0 Å². The fourth-order valence-electron chi connectivity index (χ4n) is 2.65. The molecule has 0 atom stereocenters. The molecule has 0 spiro atoms. The van der Waals surface area contributed by atoms with E-state index in [-0.39, 0.29) is 12.5 Å². The maximum absolute atomic E-state index is 13.0. The zero-order valence-electron chi connectivity index (χ0n) is 17.3. The van der Waals surface area contributed by atoms with E-state index in [4.69, 9.17) is 21.1 Å². The second-order valence-electron chi connectivity index (χ2n) is 6.58. The van der Waals surface area contributed by atoms with E-state index in [2.05, 4.69) is 31.8 Å². The first-order valence-corrected chi connectivity index (χ1v) is 10.7. The Morgan fingerprint density at radius 2 is 1.82 bits per heavy atom. The number of nitrogens with one attached hydrogen (secondary N) is 2. The lowest BCUT2D eigenvalue weighted by molar-refractivity contribution is -0.118. The molecule has 0 fully saturated rings. The van der Waals surface area contributed by atoms with E-state index < -0.39 is 11.7 Å². The number of hydrazone groups is 1. The average Bonchev–Trinajstić information content (AvgIpc) is 2.80. The van der Waals surface area contributed by atoms with Crippen LogP contribution in [0.4, 0.5) is 10.1 Å². The molecule has 0 radical (unpaired) electrons. The van der Waals surface area contributed by atoms with Crippen LogP contribution in [-0.2, 0) is 4.79 Å². The van der Waals surface area contributed by atoms with Crippen LogP contribution in [0.1, 0.15) is 15.9 Å². The number of hydrogen-bond donors (Lipinski definition) is 2. The number of ether oxygens (including phenoxy) is 2. The topological polar surface area (TPSA) is 89.0 Å². The van der Waals surface area contributed by atoms with Crippen molar-refractivity contribution in [2.45, 2.75) is 0 Å². The normalized spacial score (nSPS) is 10.7. The molecule has 3 aromatic carbocycles. The Morgan fingerprint density at radius 3 is 2.48 bits per heavy atom. The van der Waals surface area contributed by atoms with E-state index in [1.165, 1.54) is 37.6 Å². The first kappa shape index (κ1) is 24.2. The highest BCUT2D eigenvalue weighted by molar-refractivity contribution is 9.10. The zero-order chi connectivity index (χ0) is 23.8. The summed E-state index contributed by atoms with van der Waals surface area (Å²) in [4.78, 5) is 24.2. The molecule has 10 heteroatoms. The molecule has 0 aliphatic carbocycles. The Morgan fingerprint density at radius 1 is 1.12 bits per heavy atom. The fourth-order valence-corrected chi connectivity index (χ4v) is 3.35. The summed E-state index contributed by atoms with van der Waals surface area (Å²) in [5.74, 6) is -0.545. The lowest BCUT2D eigenvalue weighted by Gasteiger charge is -2.13. The lowest BCUT2D eigenvalue weighted by Crippen LogP contribution is -2.20. The highest BCUT2D eigenvalue weighted by atomic mass is 79.9. The van der Waals surface area contributed by atoms with Crippen molar-refractivity contribution >= 4 is 51.2 Å². The van der Waals surface area contributed by atoms with Crippen LogP contribution in [0.2, 0.25) is 5.02 Å². The SMILES string of the molecule is COc1cc(/C=N\NC(=O)c2ccc(Cl)cc2)cc(Br)c1OCC(=O)Nc1ccc(F)cc1. The summed E-state index contributed by atoms with van der Waals surface area (Å²) < 4.78 is 24.4. The number of halogens is 3. The number of hydrogen-bond acceptors (Lipinski definition) is 5. The first-order valence-electron chi connectivity index (χ1n) is 9.50. The third-order valence-corrected chi connectivity index (χ3v) is 5.05. The average molecular weight is 535 g/mol. The third-order valence-electron chi connectivity index (χ3n) is 4.21. The van der Waals surface area contributed by atoms with Crippen molar-refractivity contribution < 1.29 is 23.5 Å². The molecule has 0 aliphatic heterocycles. The number of amides is 2. The molecule has 0 aliphatic rings. The quantitative estimate of drug-likeness (QED) is 0.313. The van der Waals surface area contributed by atoms with Crippen LogP contribution in [0.3, 0.4) is 0 Å². The number of carbonyl (C=O) groups excluding carboxylic acids is 2. The minimum absolute atomic E-state index is 0.295. The molecule has 2 N–H and O–H groups in total. The summed E-state index contributed by atoms with van der Waals surface area (Å²) in [5, 5.41) is 7.09. The largest absolute Gasteiger partial charge is 0.493 e. The molecular weight excluding hydrogens is 517 g/mol. The molecule has 2 amide bonds. The molecule has 33 heavy (non-hydrogen) atoms. The molecule has 3 aromatic rings. The Hall–Kier alpha value is -3.43. The van der Waals surface area contributed by atoms with Gasteiger partial charge in [-0.1, -0.05) is 11.6 Å². The van der Waals surface area contributed by atoms with Crippen LogP contribution in [0.25, 0.3) is 0 Å². The smallest absolute Gasteiger partial charge is 0.271 e. The Bertz CT molecular complexity index is 1170. The van der Waals surface area contributed by atoms with Crippen molar-refractivity contribution in [1.29, 1.82) is 0 Å². The van der Waals surface area contributed by atoms with Gasteiger partial charge >= 0.3 is 0 Å². The second-order valence-corrected chi connectivity index (χ2v) is 7.87. The van der Waals surface area contributed by atoms with Crippen LogP contribution < -0.4 is 20.2 Å². The first-order chi connectivity index (χ1) is 15.9. The number of nitrogens with zero attached hydrogens (tertiary/aromatic N) is 1. The Labute approximate surface area is 202 Å². The van der Waals surface area contributed by atoms with Crippen molar-refractivity contribution in [3.8, 4) is 11.5 Å². The molecule has 0 heterocycles. The molecular formula is C23H18BrClFN3O4. The van der Waals surface area contributed by atoms with Gasteiger partial charge in [0.2, 0.25) is 0 Å².